The Labute approximate surface area is 277 Å². The molecule has 1 saturated heterocycles. The van der Waals surface area contributed by atoms with Gasteiger partial charge in [0.1, 0.15) is 12.7 Å². The highest BCUT2D eigenvalue weighted by atomic mass is 28.4. The van der Waals surface area contributed by atoms with E-state index in [0.29, 0.717) is 24.8 Å². The Balaban J connectivity index is 1.70. The Bertz CT molecular complexity index is 1340. The van der Waals surface area contributed by atoms with Gasteiger partial charge >= 0.3 is 5.97 Å². The van der Waals surface area contributed by atoms with Gasteiger partial charge in [0.2, 0.25) is 5.91 Å². The third kappa shape index (κ3) is 10.4. The number of carbonyl (C=O) groups is 2. The SMILES string of the molecule is C=CC[C@H](NC(=O)C[C@@H](CC[C@@]1(C)O[C@H](c2ccccc2)O[C@H]1C=C)O[Si](C)(C)C(C)(C)C)/C(C)=C/COC(=O)c1ccccc1. The van der Waals surface area contributed by atoms with Crippen molar-refractivity contribution in [2.75, 3.05) is 6.61 Å². The van der Waals surface area contributed by atoms with E-state index in [2.05, 4.69) is 52.3 Å². The number of hydrogen-bond donors (Lipinski definition) is 1. The topological polar surface area (TPSA) is 83.1 Å². The summed E-state index contributed by atoms with van der Waals surface area (Å²) in [4.78, 5) is 25.9. The molecule has 8 heteroatoms. The number of rotatable bonds is 16. The standard InChI is InChI=1S/C38H53NO6Si/c1-10-18-32(28(3)24-26-42-35(41)29-19-14-12-15-20-29)39-34(40)27-31(45-46(8,9)37(4,5)6)23-25-38(7)33(11-2)43-36(44-38)30-21-16-13-17-22-30/h10-17,19-22,24,31-33,36H,1-2,18,23,25-27H2,3-9H3,(H,39,40)/b28-24+/t31-,32+,33+,36-,38-/m1/s1. The maximum Gasteiger partial charge on any atom is 0.338 e. The van der Waals surface area contributed by atoms with Crippen LogP contribution in [-0.2, 0) is 23.4 Å². The zero-order valence-electron chi connectivity index (χ0n) is 28.7. The molecule has 0 aromatic heterocycles. The largest absolute Gasteiger partial charge is 0.458 e. The van der Waals surface area contributed by atoms with E-state index in [1.165, 1.54) is 0 Å². The summed E-state index contributed by atoms with van der Waals surface area (Å²) >= 11 is 0. The summed E-state index contributed by atoms with van der Waals surface area (Å²) in [7, 11) is -2.21. The fourth-order valence-electron chi connectivity index (χ4n) is 5.16. The lowest BCUT2D eigenvalue weighted by Gasteiger charge is -2.40. The highest BCUT2D eigenvalue weighted by molar-refractivity contribution is 6.74. The molecule has 1 aliphatic rings. The van der Waals surface area contributed by atoms with Gasteiger partial charge in [0.15, 0.2) is 14.6 Å². The average molecular weight is 648 g/mol. The normalized spacial score (nSPS) is 21.7. The van der Waals surface area contributed by atoms with Crippen molar-refractivity contribution in [3.8, 4) is 0 Å². The van der Waals surface area contributed by atoms with Gasteiger partial charge in [0, 0.05) is 5.56 Å². The summed E-state index contributed by atoms with van der Waals surface area (Å²) in [5.41, 5.74) is 1.71. The maximum absolute atomic E-state index is 13.6. The molecule has 1 N–H and O–H groups in total. The minimum Gasteiger partial charge on any atom is -0.458 e. The molecular formula is C38H53NO6Si. The second-order valence-electron chi connectivity index (χ2n) is 13.8. The number of amides is 1. The smallest absolute Gasteiger partial charge is 0.338 e. The van der Waals surface area contributed by atoms with Crippen molar-refractivity contribution in [2.45, 2.75) is 109 Å². The molecule has 3 rings (SSSR count). The Morgan fingerprint density at radius 3 is 2.28 bits per heavy atom. The van der Waals surface area contributed by atoms with Crippen molar-refractivity contribution in [3.63, 3.8) is 0 Å². The van der Waals surface area contributed by atoms with Gasteiger partial charge in [-0.05, 0) is 69.5 Å². The van der Waals surface area contributed by atoms with Gasteiger partial charge in [-0.3, -0.25) is 4.79 Å². The molecule has 0 saturated carbocycles. The lowest BCUT2D eigenvalue weighted by Crippen LogP contribution is -2.46. The van der Waals surface area contributed by atoms with Gasteiger partial charge < -0.3 is 24.0 Å². The van der Waals surface area contributed by atoms with Crippen LogP contribution in [0.2, 0.25) is 18.1 Å². The molecule has 1 amide bonds. The first-order valence-electron chi connectivity index (χ1n) is 16.2. The monoisotopic (exact) mass is 647 g/mol. The fraction of sp³-hybridized carbons (Fsp3) is 0.474. The first-order chi connectivity index (χ1) is 21.7. The van der Waals surface area contributed by atoms with Crippen molar-refractivity contribution < 1.29 is 28.2 Å². The predicted octanol–water partition coefficient (Wildman–Crippen LogP) is 8.47. The molecule has 0 spiro atoms. The third-order valence-corrected chi connectivity index (χ3v) is 13.6. The summed E-state index contributed by atoms with van der Waals surface area (Å²) in [6, 6.07) is 18.5. The van der Waals surface area contributed by atoms with E-state index in [0.717, 1.165) is 11.1 Å². The highest BCUT2D eigenvalue weighted by Gasteiger charge is 2.46. The van der Waals surface area contributed by atoms with Crippen LogP contribution in [0, 0.1) is 0 Å². The van der Waals surface area contributed by atoms with E-state index in [9.17, 15) is 9.59 Å². The number of carbonyl (C=O) groups excluding carboxylic acids is 2. The molecule has 1 heterocycles. The Kier molecular flexibility index (Phi) is 13.3. The second-order valence-corrected chi connectivity index (χ2v) is 18.5. The number of ether oxygens (including phenoxy) is 3. The summed E-state index contributed by atoms with van der Waals surface area (Å²) in [6.07, 6.45) is 6.28. The molecular weight excluding hydrogens is 595 g/mol. The van der Waals surface area contributed by atoms with Crippen molar-refractivity contribution in [1.29, 1.82) is 0 Å². The molecule has 2 aromatic carbocycles. The molecule has 1 aliphatic heterocycles. The summed E-state index contributed by atoms with van der Waals surface area (Å²) in [5.74, 6) is -0.500. The van der Waals surface area contributed by atoms with Gasteiger partial charge in [-0.1, -0.05) is 87.0 Å². The Morgan fingerprint density at radius 1 is 1.07 bits per heavy atom. The first-order valence-corrected chi connectivity index (χ1v) is 19.1. The first kappa shape index (κ1) is 37.2. The van der Waals surface area contributed by atoms with Crippen LogP contribution in [0.3, 0.4) is 0 Å². The van der Waals surface area contributed by atoms with Gasteiger partial charge in [-0.15, -0.1) is 13.2 Å². The molecule has 7 nitrogen and oxygen atoms in total. The number of esters is 1. The highest BCUT2D eigenvalue weighted by Crippen LogP contribution is 2.43. The van der Waals surface area contributed by atoms with E-state index in [-0.39, 0.29) is 42.2 Å². The summed E-state index contributed by atoms with van der Waals surface area (Å²) in [5, 5.41) is 3.15. The minimum absolute atomic E-state index is 0.0253. The maximum atomic E-state index is 13.6. The van der Waals surface area contributed by atoms with E-state index < -0.39 is 26.2 Å². The third-order valence-electron chi connectivity index (χ3n) is 9.09. The molecule has 2 aromatic rings. The zero-order chi connectivity index (χ0) is 34.0. The summed E-state index contributed by atoms with van der Waals surface area (Å²) < 4.78 is 25.1. The summed E-state index contributed by atoms with van der Waals surface area (Å²) in [6.45, 7) is 23.0. The van der Waals surface area contributed by atoms with Gasteiger partial charge in [0.25, 0.3) is 0 Å². The van der Waals surface area contributed by atoms with Crippen molar-refractivity contribution in [1.82, 2.24) is 5.32 Å². The second kappa shape index (κ2) is 16.5. The lowest BCUT2D eigenvalue weighted by molar-refractivity contribution is -0.123. The van der Waals surface area contributed by atoms with E-state index in [1.54, 1.807) is 36.4 Å². The fourth-order valence-corrected chi connectivity index (χ4v) is 6.55. The number of benzene rings is 2. The van der Waals surface area contributed by atoms with Crippen molar-refractivity contribution in [2.24, 2.45) is 0 Å². The molecule has 5 atom stereocenters. The molecule has 250 valence electrons. The molecule has 0 aliphatic carbocycles. The minimum atomic E-state index is -2.21. The van der Waals surface area contributed by atoms with Crippen molar-refractivity contribution >= 4 is 20.2 Å². The molecule has 1 fully saturated rings. The Hall–Kier alpha value is -3.30. The lowest BCUT2D eigenvalue weighted by atomic mass is 9.91. The number of nitrogens with one attached hydrogen (secondary N) is 1. The van der Waals surface area contributed by atoms with Crippen LogP contribution in [0.15, 0.2) is 97.6 Å². The molecule has 0 unspecified atom stereocenters. The quantitative estimate of drug-likeness (QED) is 0.112. The van der Waals surface area contributed by atoms with Crippen LogP contribution in [0.25, 0.3) is 0 Å². The van der Waals surface area contributed by atoms with Crippen LogP contribution in [0.5, 0.6) is 0 Å². The molecule has 0 bridgehead atoms. The van der Waals surface area contributed by atoms with E-state index >= 15 is 0 Å². The van der Waals surface area contributed by atoms with E-state index in [4.69, 9.17) is 18.6 Å². The predicted molar refractivity (Wildman–Crippen MR) is 187 cm³/mol. The average Bonchev–Trinajstić information content (AvgIpc) is 3.36. The van der Waals surface area contributed by atoms with E-state index in [1.807, 2.05) is 56.3 Å². The zero-order valence-corrected chi connectivity index (χ0v) is 29.7. The molecule has 0 radical (unpaired) electrons. The molecule has 46 heavy (non-hydrogen) atoms. The Morgan fingerprint density at radius 2 is 1.70 bits per heavy atom. The van der Waals surface area contributed by atoms with Crippen LogP contribution in [0.1, 0.15) is 82.5 Å². The van der Waals surface area contributed by atoms with Crippen molar-refractivity contribution in [3.05, 3.63) is 109 Å². The van der Waals surface area contributed by atoms with Crippen LogP contribution in [-0.4, -0.2) is 50.7 Å². The van der Waals surface area contributed by atoms with Gasteiger partial charge in [-0.25, -0.2) is 4.79 Å². The van der Waals surface area contributed by atoms with Crippen LogP contribution >= 0.6 is 0 Å². The van der Waals surface area contributed by atoms with Crippen LogP contribution < -0.4 is 5.32 Å². The van der Waals surface area contributed by atoms with Crippen LogP contribution in [0.4, 0.5) is 0 Å². The van der Waals surface area contributed by atoms with Gasteiger partial charge in [-0.2, -0.15) is 0 Å². The van der Waals surface area contributed by atoms with Gasteiger partial charge in [0.05, 0.1) is 29.7 Å². The number of hydrogen-bond acceptors (Lipinski definition) is 6.